The lowest BCUT2D eigenvalue weighted by Crippen LogP contribution is -2.20. The maximum atomic E-state index is 12.8. The van der Waals surface area contributed by atoms with Crippen LogP contribution in [0.25, 0.3) is 0 Å². The molecule has 0 bridgehead atoms. The summed E-state index contributed by atoms with van der Waals surface area (Å²) >= 11 is 6.11. The number of carbonyl (C=O) groups is 2. The van der Waals surface area contributed by atoms with Crippen LogP contribution in [0.5, 0.6) is 0 Å². The Kier molecular flexibility index (Phi) is 5.91. The Bertz CT molecular complexity index is 876. The van der Waals surface area contributed by atoms with Crippen LogP contribution in [0.2, 0.25) is 5.15 Å². The lowest BCUT2D eigenvalue weighted by molar-refractivity contribution is -0.136. The third-order valence-electron chi connectivity index (χ3n) is 4.56. The quantitative estimate of drug-likeness (QED) is 0.725. The summed E-state index contributed by atoms with van der Waals surface area (Å²) in [6, 6.07) is 9.29. The minimum absolute atomic E-state index is 0.0428. The zero-order valence-electron chi connectivity index (χ0n) is 15.1. The van der Waals surface area contributed by atoms with Crippen molar-refractivity contribution >= 4 is 23.5 Å². The third kappa shape index (κ3) is 4.03. The molecule has 0 amide bonds. The predicted octanol–water partition coefficient (Wildman–Crippen LogP) is 3.70. The fourth-order valence-electron chi connectivity index (χ4n) is 3.09. The first-order valence-electron chi connectivity index (χ1n) is 8.71. The normalized spacial score (nSPS) is 15.4. The molecule has 0 aliphatic heterocycles. The number of methoxy groups -OCH3 is 1. The molecule has 7 nitrogen and oxygen atoms in total. The van der Waals surface area contributed by atoms with E-state index in [0.717, 1.165) is 18.4 Å². The van der Waals surface area contributed by atoms with E-state index < -0.39 is 11.9 Å². The highest BCUT2D eigenvalue weighted by Crippen LogP contribution is 2.29. The molecule has 0 saturated carbocycles. The van der Waals surface area contributed by atoms with Gasteiger partial charge >= 0.3 is 11.9 Å². The summed E-state index contributed by atoms with van der Waals surface area (Å²) < 4.78 is 11.8. The van der Waals surface area contributed by atoms with Gasteiger partial charge in [-0.15, -0.1) is 5.10 Å². The molecule has 2 aromatic rings. The Morgan fingerprint density at radius 1 is 1.15 bits per heavy atom. The molecule has 1 aromatic heterocycles. The maximum Gasteiger partial charge on any atom is 0.365 e. The van der Waals surface area contributed by atoms with Gasteiger partial charge in [-0.2, -0.15) is 0 Å². The van der Waals surface area contributed by atoms with Gasteiger partial charge in [0, 0.05) is 6.42 Å². The summed E-state index contributed by atoms with van der Waals surface area (Å²) in [5, 5.41) is 7.78. The number of hydrogen-bond acceptors (Lipinski definition) is 6. The Hall–Kier alpha value is -2.67. The highest BCUT2D eigenvalue weighted by atomic mass is 35.5. The SMILES string of the molecule is COC(=O)C1=C(OC(=O)c2c(Cl)nnn2[C@H](C)c2ccccc2)CCCC1. The third-order valence-corrected chi connectivity index (χ3v) is 4.82. The van der Waals surface area contributed by atoms with Gasteiger partial charge in [0.25, 0.3) is 0 Å². The summed E-state index contributed by atoms with van der Waals surface area (Å²) in [7, 11) is 1.31. The second kappa shape index (κ2) is 8.35. The topological polar surface area (TPSA) is 83.3 Å². The highest BCUT2D eigenvalue weighted by Gasteiger charge is 2.28. The van der Waals surface area contributed by atoms with E-state index in [1.54, 1.807) is 0 Å². The van der Waals surface area contributed by atoms with Gasteiger partial charge < -0.3 is 9.47 Å². The first-order valence-corrected chi connectivity index (χ1v) is 9.09. The zero-order chi connectivity index (χ0) is 19.4. The minimum atomic E-state index is -0.689. The average Bonchev–Trinajstić information content (AvgIpc) is 3.09. The molecule has 0 unspecified atom stereocenters. The van der Waals surface area contributed by atoms with Crippen LogP contribution in [0.1, 0.15) is 54.7 Å². The maximum absolute atomic E-state index is 12.8. The zero-order valence-corrected chi connectivity index (χ0v) is 15.9. The van der Waals surface area contributed by atoms with Gasteiger partial charge in [-0.25, -0.2) is 14.3 Å². The molecule has 0 N–H and O–H groups in total. The van der Waals surface area contributed by atoms with Crippen molar-refractivity contribution in [2.75, 3.05) is 7.11 Å². The number of carbonyl (C=O) groups excluding carboxylic acids is 2. The van der Waals surface area contributed by atoms with Crippen LogP contribution in [0, 0.1) is 0 Å². The summed E-state index contributed by atoms with van der Waals surface area (Å²) in [4.78, 5) is 24.8. The molecule has 0 fully saturated rings. The number of aromatic nitrogens is 3. The van der Waals surface area contributed by atoms with E-state index in [4.69, 9.17) is 21.1 Å². The van der Waals surface area contributed by atoms with Crippen molar-refractivity contribution in [2.24, 2.45) is 0 Å². The van der Waals surface area contributed by atoms with E-state index in [-0.39, 0.29) is 16.9 Å². The summed E-state index contributed by atoms with van der Waals surface area (Å²) in [5.74, 6) is -0.840. The van der Waals surface area contributed by atoms with Crippen LogP contribution >= 0.6 is 11.6 Å². The van der Waals surface area contributed by atoms with Gasteiger partial charge in [-0.1, -0.05) is 47.1 Å². The van der Waals surface area contributed by atoms with Gasteiger partial charge in [0.15, 0.2) is 10.8 Å². The summed E-state index contributed by atoms with van der Waals surface area (Å²) in [6.07, 6.45) is 2.68. The Morgan fingerprint density at radius 2 is 1.85 bits per heavy atom. The van der Waals surface area contributed by atoms with Gasteiger partial charge in [-0.05, 0) is 31.7 Å². The standard InChI is InChI=1S/C19H20ClN3O4/c1-12(13-8-4-3-5-9-13)23-16(17(20)21-22-23)19(25)27-15-11-7-6-10-14(15)18(24)26-2/h3-5,8-9,12H,6-7,10-11H2,1-2H3/t12-/m1/s1. The van der Waals surface area contributed by atoms with Gasteiger partial charge in [-0.3, -0.25) is 0 Å². The molecule has 8 heteroatoms. The van der Waals surface area contributed by atoms with Gasteiger partial charge in [0.1, 0.15) is 5.76 Å². The molecule has 142 valence electrons. The van der Waals surface area contributed by atoms with Crippen LogP contribution < -0.4 is 0 Å². The van der Waals surface area contributed by atoms with Crippen molar-refractivity contribution in [3.05, 3.63) is 58.1 Å². The molecule has 0 saturated heterocycles. The number of halogens is 1. The van der Waals surface area contributed by atoms with Crippen molar-refractivity contribution in [3.8, 4) is 0 Å². The summed E-state index contributed by atoms with van der Waals surface area (Å²) in [5.41, 5.74) is 1.39. The molecule has 0 spiro atoms. The van der Waals surface area contributed by atoms with Crippen molar-refractivity contribution in [2.45, 2.75) is 38.6 Å². The largest absolute Gasteiger partial charge is 0.466 e. The van der Waals surface area contributed by atoms with Crippen LogP contribution in [0.4, 0.5) is 0 Å². The number of allylic oxidation sites excluding steroid dienone is 1. The monoisotopic (exact) mass is 389 g/mol. The lowest BCUT2D eigenvalue weighted by Gasteiger charge is -2.19. The fourth-order valence-corrected chi connectivity index (χ4v) is 3.28. The molecule has 1 heterocycles. The Balaban J connectivity index is 1.90. The minimum Gasteiger partial charge on any atom is -0.466 e. The van der Waals surface area contributed by atoms with E-state index in [1.165, 1.54) is 11.8 Å². The van der Waals surface area contributed by atoms with Crippen molar-refractivity contribution in [1.29, 1.82) is 0 Å². The molecule has 27 heavy (non-hydrogen) atoms. The molecule has 0 radical (unpaired) electrons. The number of benzene rings is 1. The molecule has 3 rings (SSSR count). The number of ether oxygens (including phenoxy) is 2. The van der Waals surface area contributed by atoms with Crippen LogP contribution in [0.3, 0.4) is 0 Å². The van der Waals surface area contributed by atoms with Crippen molar-refractivity contribution in [1.82, 2.24) is 15.0 Å². The summed E-state index contributed by atoms with van der Waals surface area (Å²) in [6.45, 7) is 1.89. The number of rotatable bonds is 5. The number of nitrogens with zero attached hydrogens (tertiary/aromatic N) is 3. The Morgan fingerprint density at radius 3 is 2.56 bits per heavy atom. The van der Waals surface area contributed by atoms with Crippen molar-refractivity contribution < 1.29 is 19.1 Å². The Labute approximate surface area is 161 Å². The molecular formula is C19H20ClN3O4. The smallest absolute Gasteiger partial charge is 0.365 e. The fraction of sp³-hybridized carbons (Fsp3) is 0.368. The first kappa shape index (κ1) is 19.1. The predicted molar refractivity (Wildman–Crippen MR) is 98.2 cm³/mol. The van der Waals surface area contributed by atoms with Gasteiger partial charge in [0.05, 0.1) is 18.7 Å². The van der Waals surface area contributed by atoms with Crippen LogP contribution in [-0.2, 0) is 14.3 Å². The molecule has 1 aromatic carbocycles. The van der Waals surface area contributed by atoms with Crippen LogP contribution in [-0.4, -0.2) is 34.0 Å². The van der Waals surface area contributed by atoms with Crippen LogP contribution in [0.15, 0.2) is 41.7 Å². The van der Waals surface area contributed by atoms with Gasteiger partial charge in [0.2, 0.25) is 0 Å². The lowest BCUT2D eigenvalue weighted by atomic mass is 9.98. The molecule has 1 aliphatic rings. The van der Waals surface area contributed by atoms with Crippen molar-refractivity contribution in [3.63, 3.8) is 0 Å². The number of esters is 2. The van der Waals surface area contributed by atoms with E-state index in [1.807, 2.05) is 37.3 Å². The van der Waals surface area contributed by atoms with E-state index >= 15 is 0 Å². The van der Waals surface area contributed by atoms with E-state index in [2.05, 4.69) is 10.3 Å². The molecule has 1 atom stereocenters. The second-order valence-corrected chi connectivity index (χ2v) is 6.61. The first-order chi connectivity index (χ1) is 13.0. The number of hydrogen-bond donors (Lipinski definition) is 0. The second-order valence-electron chi connectivity index (χ2n) is 6.25. The molecular weight excluding hydrogens is 370 g/mol. The average molecular weight is 390 g/mol. The highest BCUT2D eigenvalue weighted by molar-refractivity contribution is 6.32. The van der Waals surface area contributed by atoms with E-state index in [9.17, 15) is 9.59 Å². The molecule has 1 aliphatic carbocycles. The van der Waals surface area contributed by atoms with E-state index in [0.29, 0.717) is 24.2 Å².